The molecule has 0 aromatic heterocycles. The Hall–Kier alpha value is -4.03. The summed E-state index contributed by atoms with van der Waals surface area (Å²) < 4.78 is 22.1. The summed E-state index contributed by atoms with van der Waals surface area (Å²) in [6.07, 6.45) is 0.174. The minimum atomic E-state index is -0.939. The molecular formula is C28H27BrN2O6. The van der Waals surface area contributed by atoms with Gasteiger partial charge in [0.1, 0.15) is 23.3 Å². The van der Waals surface area contributed by atoms with E-state index >= 15 is 0 Å². The Balaban J connectivity index is 1.92. The Morgan fingerprint density at radius 1 is 0.946 bits per heavy atom. The van der Waals surface area contributed by atoms with Crippen LogP contribution in [0, 0.1) is 11.3 Å². The standard InChI is InChI=1S/C28H27BrN2O6/c1-5-37-28(33)24(31-27(32)22-15-19(34-2)8-11-23(22)29)12-17-6-9-20(25(13-17)35-3)21-10-7-18(16-30)14-26(21)36-4/h6-11,13-15,24H,5,12H2,1-4H3,(H,31,32)/t24-/m0/s1. The number of benzene rings is 3. The first-order valence-corrected chi connectivity index (χ1v) is 12.2. The third-order valence-corrected chi connectivity index (χ3v) is 6.31. The van der Waals surface area contributed by atoms with Gasteiger partial charge >= 0.3 is 5.97 Å². The molecule has 0 aliphatic heterocycles. The second kappa shape index (κ2) is 12.8. The number of methoxy groups -OCH3 is 3. The van der Waals surface area contributed by atoms with Crippen LogP contribution >= 0.6 is 15.9 Å². The fourth-order valence-corrected chi connectivity index (χ4v) is 4.21. The normalized spacial score (nSPS) is 11.1. The maximum absolute atomic E-state index is 13.1. The van der Waals surface area contributed by atoms with Gasteiger partial charge in [-0.1, -0.05) is 12.1 Å². The molecule has 0 aliphatic rings. The smallest absolute Gasteiger partial charge is 0.328 e. The van der Waals surface area contributed by atoms with Gasteiger partial charge in [0.2, 0.25) is 0 Å². The van der Waals surface area contributed by atoms with Gasteiger partial charge in [0.15, 0.2) is 0 Å². The number of carbonyl (C=O) groups excluding carboxylic acids is 2. The van der Waals surface area contributed by atoms with Crippen LogP contribution in [0.4, 0.5) is 0 Å². The predicted octanol–water partition coefficient (Wildman–Crippen LogP) is 4.92. The largest absolute Gasteiger partial charge is 0.497 e. The van der Waals surface area contributed by atoms with Crippen molar-refractivity contribution in [2.45, 2.75) is 19.4 Å². The summed E-state index contributed by atoms with van der Waals surface area (Å²) in [6.45, 7) is 1.88. The Morgan fingerprint density at radius 2 is 1.62 bits per heavy atom. The molecule has 3 aromatic carbocycles. The highest BCUT2D eigenvalue weighted by Gasteiger charge is 2.25. The van der Waals surface area contributed by atoms with E-state index in [1.807, 2.05) is 12.1 Å². The van der Waals surface area contributed by atoms with Gasteiger partial charge in [-0.2, -0.15) is 5.26 Å². The van der Waals surface area contributed by atoms with Crippen molar-refractivity contribution in [1.29, 1.82) is 5.26 Å². The van der Waals surface area contributed by atoms with E-state index in [1.54, 1.807) is 56.5 Å². The predicted molar refractivity (Wildman–Crippen MR) is 142 cm³/mol. The third kappa shape index (κ3) is 6.60. The summed E-state index contributed by atoms with van der Waals surface area (Å²) in [7, 11) is 4.59. The number of halogens is 1. The molecule has 3 aromatic rings. The zero-order valence-electron chi connectivity index (χ0n) is 21.0. The molecule has 0 radical (unpaired) electrons. The van der Waals surface area contributed by atoms with Crippen molar-refractivity contribution < 1.29 is 28.5 Å². The lowest BCUT2D eigenvalue weighted by Gasteiger charge is -2.19. The highest BCUT2D eigenvalue weighted by Crippen LogP contribution is 2.37. The van der Waals surface area contributed by atoms with Crippen molar-refractivity contribution in [3.8, 4) is 34.4 Å². The number of ether oxygens (including phenoxy) is 4. The molecule has 8 nitrogen and oxygen atoms in total. The van der Waals surface area contributed by atoms with E-state index < -0.39 is 17.9 Å². The molecule has 0 fully saturated rings. The van der Waals surface area contributed by atoms with Crippen LogP contribution < -0.4 is 19.5 Å². The van der Waals surface area contributed by atoms with E-state index in [4.69, 9.17) is 18.9 Å². The quantitative estimate of drug-likeness (QED) is 0.347. The van der Waals surface area contributed by atoms with E-state index in [9.17, 15) is 14.9 Å². The number of carbonyl (C=O) groups is 2. The molecule has 37 heavy (non-hydrogen) atoms. The maximum atomic E-state index is 13.1. The molecule has 192 valence electrons. The van der Waals surface area contributed by atoms with Crippen LogP contribution in [0.3, 0.4) is 0 Å². The van der Waals surface area contributed by atoms with Crippen molar-refractivity contribution in [3.63, 3.8) is 0 Å². The zero-order valence-corrected chi connectivity index (χ0v) is 22.5. The van der Waals surface area contributed by atoms with Crippen molar-refractivity contribution in [2.24, 2.45) is 0 Å². The van der Waals surface area contributed by atoms with E-state index in [0.29, 0.717) is 32.8 Å². The third-order valence-electron chi connectivity index (χ3n) is 5.62. The molecule has 1 N–H and O–H groups in total. The van der Waals surface area contributed by atoms with Gasteiger partial charge < -0.3 is 24.3 Å². The number of rotatable bonds is 10. The minimum Gasteiger partial charge on any atom is -0.497 e. The molecule has 0 bridgehead atoms. The molecule has 0 heterocycles. The van der Waals surface area contributed by atoms with Gasteiger partial charge in [-0.05, 0) is 70.9 Å². The van der Waals surface area contributed by atoms with Crippen LogP contribution in [0.1, 0.15) is 28.4 Å². The number of nitrogens with zero attached hydrogens (tertiary/aromatic N) is 1. The number of amides is 1. The molecule has 0 saturated carbocycles. The highest BCUT2D eigenvalue weighted by atomic mass is 79.9. The van der Waals surface area contributed by atoms with Crippen molar-refractivity contribution >= 4 is 27.8 Å². The maximum Gasteiger partial charge on any atom is 0.328 e. The first-order chi connectivity index (χ1) is 17.8. The topological polar surface area (TPSA) is 107 Å². The van der Waals surface area contributed by atoms with Crippen molar-refractivity contribution in [2.75, 3.05) is 27.9 Å². The van der Waals surface area contributed by atoms with Gasteiger partial charge in [0, 0.05) is 22.0 Å². The van der Waals surface area contributed by atoms with E-state index in [-0.39, 0.29) is 13.0 Å². The van der Waals surface area contributed by atoms with Crippen LogP contribution in [-0.2, 0) is 16.0 Å². The molecule has 0 unspecified atom stereocenters. The summed E-state index contributed by atoms with van der Waals surface area (Å²) >= 11 is 3.38. The van der Waals surface area contributed by atoms with Crippen molar-refractivity contribution in [1.82, 2.24) is 5.32 Å². The summed E-state index contributed by atoms with van der Waals surface area (Å²) in [5.74, 6) is 0.594. The van der Waals surface area contributed by atoms with Gasteiger partial charge in [-0.15, -0.1) is 0 Å². The summed E-state index contributed by atoms with van der Waals surface area (Å²) in [6, 6.07) is 16.8. The SMILES string of the molecule is CCOC(=O)[C@H](Cc1ccc(-c2ccc(C#N)cc2OC)c(OC)c1)NC(=O)c1cc(OC)ccc1Br. The van der Waals surface area contributed by atoms with Gasteiger partial charge in [-0.3, -0.25) is 4.79 Å². The fourth-order valence-electron chi connectivity index (χ4n) is 3.78. The number of nitriles is 1. The first-order valence-electron chi connectivity index (χ1n) is 11.4. The van der Waals surface area contributed by atoms with E-state index in [1.165, 1.54) is 14.2 Å². The second-order valence-corrected chi connectivity index (χ2v) is 8.74. The van der Waals surface area contributed by atoms with E-state index in [0.717, 1.165) is 16.7 Å². The monoisotopic (exact) mass is 566 g/mol. The Bertz CT molecular complexity index is 1330. The molecule has 1 atom stereocenters. The summed E-state index contributed by atoms with van der Waals surface area (Å²) in [5.41, 5.74) is 3.06. The Labute approximate surface area is 224 Å². The molecule has 3 rings (SSSR count). The number of nitrogens with one attached hydrogen (secondary N) is 1. The van der Waals surface area contributed by atoms with Crippen LogP contribution in [0.15, 0.2) is 59.1 Å². The lowest BCUT2D eigenvalue weighted by molar-refractivity contribution is -0.145. The Morgan fingerprint density at radius 3 is 2.24 bits per heavy atom. The summed E-state index contributed by atoms with van der Waals surface area (Å²) in [5, 5.41) is 12.0. The molecule has 1 amide bonds. The molecule has 9 heteroatoms. The van der Waals surface area contributed by atoms with Crippen LogP contribution in [-0.4, -0.2) is 45.9 Å². The molecule has 0 spiro atoms. The molecular weight excluding hydrogens is 540 g/mol. The second-order valence-electron chi connectivity index (χ2n) is 7.89. The first kappa shape index (κ1) is 27.6. The molecule has 0 aliphatic carbocycles. The van der Waals surface area contributed by atoms with Crippen LogP contribution in [0.5, 0.6) is 17.2 Å². The lowest BCUT2D eigenvalue weighted by Crippen LogP contribution is -2.43. The fraction of sp³-hybridized carbons (Fsp3) is 0.250. The number of esters is 1. The van der Waals surface area contributed by atoms with Gasteiger partial charge in [-0.25, -0.2) is 4.79 Å². The number of hydrogen-bond donors (Lipinski definition) is 1. The summed E-state index contributed by atoms with van der Waals surface area (Å²) in [4.78, 5) is 25.8. The van der Waals surface area contributed by atoms with Gasteiger partial charge in [0.25, 0.3) is 5.91 Å². The Kier molecular flexibility index (Phi) is 9.52. The lowest BCUT2D eigenvalue weighted by atomic mass is 9.97. The van der Waals surface area contributed by atoms with Crippen LogP contribution in [0.2, 0.25) is 0 Å². The average Bonchev–Trinajstić information content (AvgIpc) is 2.92. The van der Waals surface area contributed by atoms with Gasteiger partial charge in [0.05, 0.1) is 45.1 Å². The highest BCUT2D eigenvalue weighted by molar-refractivity contribution is 9.10. The van der Waals surface area contributed by atoms with Crippen molar-refractivity contribution in [3.05, 3.63) is 75.8 Å². The average molecular weight is 567 g/mol. The van der Waals surface area contributed by atoms with Crippen LogP contribution in [0.25, 0.3) is 11.1 Å². The molecule has 0 saturated heterocycles. The number of hydrogen-bond acceptors (Lipinski definition) is 7. The minimum absolute atomic E-state index is 0.174. The zero-order chi connectivity index (χ0) is 26.9. The van der Waals surface area contributed by atoms with E-state index in [2.05, 4.69) is 27.3 Å².